The molecule has 1 atom stereocenters. The summed E-state index contributed by atoms with van der Waals surface area (Å²) < 4.78 is 5.69. The van der Waals surface area contributed by atoms with Crippen LogP contribution in [0, 0.1) is 16.0 Å². The van der Waals surface area contributed by atoms with Gasteiger partial charge in [-0.15, -0.1) is 0 Å². The van der Waals surface area contributed by atoms with Gasteiger partial charge >= 0.3 is 0 Å². The van der Waals surface area contributed by atoms with Crippen LogP contribution < -0.4 is 0 Å². The van der Waals surface area contributed by atoms with Gasteiger partial charge in [-0.1, -0.05) is 0 Å². The van der Waals surface area contributed by atoms with Crippen molar-refractivity contribution in [2.24, 2.45) is 5.92 Å². The molecule has 0 aromatic heterocycles. The summed E-state index contributed by atoms with van der Waals surface area (Å²) in [4.78, 5) is 12.2. The van der Waals surface area contributed by atoms with Crippen molar-refractivity contribution in [3.05, 3.63) is 46.4 Å². The molecule has 1 heterocycles. The SMILES string of the molecule is C=C(/C=C\C(=C/C)OCC1CCCN(C)C1)[N+](=O)[O-]. The fourth-order valence-corrected chi connectivity index (χ4v) is 2.09. The molecule has 0 radical (unpaired) electrons. The predicted molar refractivity (Wildman–Crippen MR) is 75.2 cm³/mol. The lowest BCUT2D eigenvalue weighted by Crippen LogP contribution is -2.34. The summed E-state index contributed by atoms with van der Waals surface area (Å²) in [5.41, 5.74) is -0.139. The Morgan fingerprint density at radius 3 is 2.89 bits per heavy atom. The first kappa shape index (κ1) is 15.4. The quantitative estimate of drug-likeness (QED) is 0.321. The minimum Gasteiger partial charge on any atom is -0.494 e. The van der Waals surface area contributed by atoms with E-state index in [4.69, 9.17) is 4.74 Å². The Labute approximate surface area is 114 Å². The van der Waals surface area contributed by atoms with Gasteiger partial charge in [-0.05, 0) is 52.1 Å². The second-order valence-electron chi connectivity index (χ2n) is 4.85. The summed E-state index contributed by atoms with van der Waals surface area (Å²) in [5, 5.41) is 10.4. The van der Waals surface area contributed by atoms with Crippen LogP contribution in [0.1, 0.15) is 19.8 Å². The topological polar surface area (TPSA) is 55.6 Å². The molecule has 1 saturated heterocycles. The monoisotopic (exact) mass is 266 g/mol. The third-order valence-electron chi connectivity index (χ3n) is 3.17. The summed E-state index contributed by atoms with van der Waals surface area (Å²) in [6.45, 7) is 8.04. The number of hydrogen-bond donors (Lipinski definition) is 0. The molecule has 0 aromatic rings. The Hall–Kier alpha value is -1.62. The zero-order valence-electron chi connectivity index (χ0n) is 11.7. The highest BCUT2D eigenvalue weighted by atomic mass is 16.6. The molecule has 0 aliphatic carbocycles. The van der Waals surface area contributed by atoms with Crippen molar-refractivity contribution in [2.75, 3.05) is 26.7 Å². The second kappa shape index (κ2) is 7.74. The van der Waals surface area contributed by atoms with Crippen LogP contribution in [0.25, 0.3) is 0 Å². The summed E-state index contributed by atoms with van der Waals surface area (Å²) in [6, 6.07) is 0. The Morgan fingerprint density at radius 2 is 2.32 bits per heavy atom. The zero-order chi connectivity index (χ0) is 14.3. The van der Waals surface area contributed by atoms with Gasteiger partial charge in [-0.25, -0.2) is 0 Å². The highest BCUT2D eigenvalue weighted by Crippen LogP contribution is 2.16. The largest absolute Gasteiger partial charge is 0.494 e. The van der Waals surface area contributed by atoms with E-state index in [1.807, 2.05) is 6.92 Å². The molecule has 0 saturated carbocycles. The molecule has 0 bridgehead atoms. The van der Waals surface area contributed by atoms with Crippen LogP contribution in [0.2, 0.25) is 0 Å². The standard InChI is InChI=1S/C14H22N2O3/c1-4-14(8-7-12(2)16(17)18)19-11-13-6-5-9-15(3)10-13/h4,7-8,13H,2,5-6,9-11H2,1,3H3/b8-7-,14-4+. The smallest absolute Gasteiger partial charge is 0.262 e. The van der Waals surface area contributed by atoms with Crippen LogP contribution in [0.5, 0.6) is 0 Å². The van der Waals surface area contributed by atoms with E-state index in [1.165, 1.54) is 18.9 Å². The van der Waals surface area contributed by atoms with Crippen LogP contribution in [-0.4, -0.2) is 36.6 Å². The molecule has 1 unspecified atom stereocenters. The normalized spacial score (nSPS) is 21.6. The van der Waals surface area contributed by atoms with Gasteiger partial charge in [-0.2, -0.15) is 0 Å². The van der Waals surface area contributed by atoms with Crippen molar-refractivity contribution >= 4 is 0 Å². The van der Waals surface area contributed by atoms with Crippen LogP contribution >= 0.6 is 0 Å². The number of nitrogens with zero attached hydrogens (tertiary/aromatic N) is 2. The van der Waals surface area contributed by atoms with Crippen LogP contribution in [0.4, 0.5) is 0 Å². The maximum Gasteiger partial charge on any atom is 0.262 e. The van der Waals surface area contributed by atoms with Gasteiger partial charge in [0.1, 0.15) is 5.76 Å². The van der Waals surface area contributed by atoms with Gasteiger partial charge in [0.15, 0.2) is 0 Å². The summed E-state index contributed by atoms with van der Waals surface area (Å²) in [5.74, 6) is 1.18. The average Bonchev–Trinajstić information content (AvgIpc) is 2.38. The van der Waals surface area contributed by atoms with E-state index in [-0.39, 0.29) is 5.70 Å². The molecule has 0 aromatic carbocycles. The fraction of sp³-hybridized carbons (Fsp3) is 0.571. The van der Waals surface area contributed by atoms with E-state index in [2.05, 4.69) is 18.5 Å². The van der Waals surface area contributed by atoms with Crippen molar-refractivity contribution in [2.45, 2.75) is 19.8 Å². The van der Waals surface area contributed by atoms with E-state index >= 15 is 0 Å². The molecule has 19 heavy (non-hydrogen) atoms. The van der Waals surface area contributed by atoms with Crippen LogP contribution in [-0.2, 0) is 4.74 Å². The van der Waals surface area contributed by atoms with Gasteiger partial charge < -0.3 is 9.64 Å². The van der Waals surface area contributed by atoms with Gasteiger partial charge in [0.05, 0.1) is 11.5 Å². The van der Waals surface area contributed by atoms with Gasteiger partial charge in [0.2, 0.25) is 0 Å². The summed E-state index contributed by atoms with van der Waals surface area (Å²) in [7, 11) is 2.11. The zero-order valence-corrected chi connectivity index (χ0v) is 11.7. The Kier molecular flexibility index (Phi) is 6.29. The lowest BCUT2D eigenvalue weighted by molar-refractivity contribution is -0.418. The molecule has 1 rings (SSSR count). The third-order valence-corrected chi connectivity index (χ3v) is 3.17. The first-order chi connectivity index (χ1) is 9.02. The highest BCUT2D eigenvalue weighted by Gasteiger charge is 2.17. The molecule has 0 N–H and O–H groups in total. The minimum atomic E-state index is -0.514. The molecule has 5 heteroatoms. The number of allylic oxidation sites excluding steroid dienone is 3. The lowest BCUT2D eigenvalue weighted by Gasteiger charge is -2.29. The molecule has 1 fully saturated rings. The Morgan fingerprint density at radius 1 is 1.58 bits per heavy atom. The van der Waals surface area contributed by atoms with E-state index in [9.17, 15) is 10.1 Å². The molecular weight excluding hydrogens is 244 g/mol. The van der Waals surface area contributed by atoms with Gasteiger partial charge in [-0.3, -0.25) is 10.1 Å². The van der Waals surface area contributed by atoms with Crippen LogP contribution in [0.3, 0.4) is 0 Å². The highest BCUT2D eigenvalue weighted by molar-refractivity contribution is 5.18. The summed E-state index contributed by atoms with van der Waals surface area (Å²) >= 11 is 0. The number of ether oxygens (including phenoxy) is 1. The molecular formula is C14H22N2O3. The van der Waals surface area contributed by atoms with Crippen molar-refractivity contribution in [1.82, 2.24) is 4.90 Å². The Balaban J connectivity index is 2.41. The van der Waals surface area contributed by atoms with Gasteiger partial charge in [0, 0.05) is 18.5 Å². The predicted octanol–water partition coefficient (Wildman–Crippen LogP) is 2.60. The van der Waals surface area contributed by atoms with E-state index < -0.39 is 4.92 Å². The lowest BCUT2D eigenvalue weighted by atomic mass is 10.00. The maximum absolute atomic E-state index is 10.4. The second-order valence-corrected chi connectivity index (χ2v) is 4.85. The first-order valence-corrected chi connectivity index (χ1v) is 6.52. The van der Waals surface area contributed by atoms with Crippen molar-refractivity contribution in [3.63, 3.8) is 0 Å². The summed E-state index contributed by atoms with van der Waals surface area (Å²) in [6.07, 6.45) is 7.13. The van der Waals surface area contributed by atoms with E-state index in [0.29, 0.717) is 18.3 Å². The number of nitro groups is 1. The first-order valence-electron chi connectivity index (χ1n) is 6.52. The van der Waals surface area contributed by atoms with Gasteiger partial charge in [0.25, 0.3) is 5.70 Å². The average molecular weight is 266 g/mol. The van der Waals surface area contributed by atoms with E-state index in [1.54, 1.807) is 12.2 Å². The molecule has 5 nitrogen and oxygen atoms in total. The molecule has 1 aliphatic heterocycles. The number of hydrogen-bond acceptors (Lipinski definition) is 4. The van der Waals surface area contributed by atoms with Crippen molar-refractivity contribution in [1.29, 1.82) is 0 Å². The fourth-order valence-electron chi connectivity index (χ4n) is 2.09. The van der Waals surface area contributed by atoms with Crippen molar-refractivity contribution in [3.8, 4) is 0 Å². The molecule has 106 valence electrons. The molecule has 0 amide bonds. The Bertz CT molecular complexity index is 388. The number of piperidine rings is 1. The number of likely N-dealkylation sites (tertiary alicyclic amines) is 1. The third kappa shape index (κ3) is 5.70. The van der Waals surface area contributed by atoms with Crippen molar-refractivity contribution < 1.29 is 9.66 Å². The van der Waals surface area contributed by atoms with Crippen LogP contribution in [0.15, 0.2) is 36.3 Å². The molecule has 0 spiro atoms. The minimum absolute atomic E-state index is 0.139. The van der Waals surface area contributed by atoms with E-state index in [0.717, 1.165) is 13.1 Å². The maximum atomic E-state index is 10.4. The number of rotatable bonds is 6. The molecule has 1 aliphatic rings.